The molecule has 2 aliphatic rings. The summed E-state index contributed by atoms with van der Waals surface area (Å²) < 4.78 is 0. The molecule has 1 fully saturated rings. The van der Waals surface area contributed by atoms with E-state index in [0.717, 1.165) is 57.2 Å². The predicted octanol–water partition coefficient (Wildman–Crippen LogP) is 4.13. The normalized spacial score (nSPS) is 15.1. The van der Waals surface area contributed by atoms with Gasteiger partial charge in [-0.15, -0.1) is 11.3 Å². The van der Waals surface area contributed by atoms with Crippen molar-refractivity contribution in [2.75, 3.05) is 23.3 Å². The maximum absolute atomic E-state index is 12.7. The predicted molar refractivity (Wildman–Crippen MR) is 124 cm³/mol. The van der Waals surface area contributed by atoms with Gasteiger partial charge in [0.15, 0.2) is 5.11 Å². The van der Waals surface area contributed by atoms with Gasteiger partial charge in [0, 0.05) is 29.6 Å². The van der Waals surface area contributed by atoms with Crippen molar-refractivity contribution in [2.45, 2.75) is 38.5 Å². The number of hydrogen-bond donors (Lipinski definition) is 2. The Bertz CT molecular complexity index is 1100. The molecule has 1 amide bonds. The molecule has 0 atom stereocenters. The van der Waals surface area contributed by atoms with Crippen molar-refractivity contribution in [3.63, 3.8) is 0 Å². The van der Waals surface area contributed by atoms with Crippen LogP contribution >= 0.6 is 23.6 Å². The van der Waals surface area contributed by atoms with Crippen molar-refractivity contribution in [2.24, 2.45) is 0 Å². The third-order valence-corrected chi connectivity index (χ3v) is 7.03. The lowest BCUT2D eigenvalue weighted by Gasteiger charge is -2.18. The molecule has 31 heavy (non-hydrogen) atoms. The Kier molecular flexibility index (Phi) is 6.15. The number of nitrogens with one attached hydrogen (secondary N) is 2. The van der Waals surface area contributed by atoms with Gasteiger partial charge in [-0.2, -0.15) is 5.26 Å². The van der Waals surface area contributed by atoms with Crippen LogP contribution in [-0.4, -0.2) is 29.0 Å². The van der Waals surface area contributed by atoms with Crippen molar-refractivity contribution in [1.82, 2.24) is 5.32 Å². The molecule has 160 valence electrons. The van der Waals surface area contributed by atoms with Gasteiger partial charge < -0.3 is 10.2 Å². The number of amides is 1. The molecule has 0 bridgehead atoms. The number of thiocarbonyl (C=S) groups is 1. The monoisotopic (exact) mass is 455 g/mol. The Morgan fingerprint density at radius 2 is 1.97 bits per heavy atom. The van der Waals surface area contributed by atoms with Crippen LogP contribution in [0.4, 0.5) is 16.4 Å². The minimum Gasteiger partial charge on any atom is -0.366 e. The molecular weight excluding hydrogens is 434 g/mol. The molecule has 8 nitrogen and oxygen atoms in total. The van der Waals surface area contributed by atoms with Crippen molar-refractivity contribution in [1.29, 1.82) is 5.26 Å². The zero-order valence-electron chi connectivity index (χ0n) is 16.8. The van der Waals surface area contributed by atoms with E-state index in [2.05, 4.69) is 16.7 Å². The minimum absolute atomic E-state index is 0.0615. The van der Waals surface area contributed by atoms with E-state index in [-0.39, 0.29) is 16.4 Å². The van der Waals surface area contributed by atoms with E-state index in [0.29, 0.717) is 16.3 Å². The summed E-state index contributed by atoms with van der Waals surface area (Å²) in [7, 11) is 0. The lowest BCUT2D eigenvalue weighted by atomic mass is 9.96. The third kappa shape index (κ3) is 4.38. The first-order chi connectivity index (χ1) is 15.0. The van der Waals surface area contributed by atoms with Crippen LogP contribution in [0.15, 0.2) is 18.2 Å². The van der Waals surface area contributed by atoms with Gasteiger partial charge in [-0.05, 0) is 68.4 Å². The summed E-state index contributed by atoms with van der Waals surface area (Å²) in [4.78, 5) is 26.9. The molecule has 1 aromatic carbocycles. The molecule has 2 aromatic rings. The highest BCUT2D eigenvalue weighted by Crippen LogP contribution is 2.37. The first-order valence-corrected chi connectivity index (χ1v) is 11.4. The second kappa shape index (κ2) is 8.99. The Balaban J connectivity index is 1.49. The topological polar surface area (TPSA) is 111 Å². The third-order valence-electron chi connectivity index (χ3n) is 5.62. The molecule has 10 heteroatoms. The van der Waals surface area contributed by atoms with Gasteiger partial charge in [0.1, 0.15) is 16.8 Å². The molecule has 2 N–H and O–H groups in total. The maximum atomic E-state index is 12.7. The van der Waals surface area contributed by atoms with Crippen LogP contribution in [0.5, 0.6) is 0 Å². The number of nitriles is 1. The SMILES string of the molecule is N#Cc1c(NC(=S)NC(=O)c2ccc(N3CCCC3)c([N+](=O)[O-])c2)sc2c1CCCC2. The second-order valence-electron chi connectivity index (χ2n) is 7.59. The van der Waals surface area contributed by atoms with Crippen molar-refractivity contribution >= 4 is 51.0 Å². The summed E-state index contributed by atoms with van der Waals surface area (Å²) in [6.07, 6.45) is 5.98. The molecule has 1 saturated heterocycles. The number of nitrogens with zero attached hydrogens (tertiary/aromatic N) is 3. The van der Waals surface area contributed by atoms with E-state index in [1.165, 1.54) is 22.3 Å². The summed E-state index contributed by atoms with van der Waals surface area (Å²) in [5, 5.41) is 27.4. The van der Waals surface area contributed by atoms with Crippen molar-refractivity contribution < 1.29 is 9.72 Å². The van der Waals surface area contributed by atoms with Gasteiger partial charge in [-0.3, -0.25) is 20.2 Å². The Hall–Kier alpha value is -3.03. The molecule has 0 spiro atoms. The average molecular weight is 456 g/mol. The van der Waals surface area contributed by atoms with E-state index in [4.69, 9.17) is 12.2 Å². The van der Waals surface area contributed by atoms with Crippen LogP contribution in [0.25, 0.3) is 0 Å². The lowest BCUT2D eigenvalue weighted by Crippen LogP contribution is -2.34. The lowest BCUT2D eigenvalue weighted by molar-refractivity contribution is -0.384. The largest absolute Gasteiger partial charge is 0.366 e. The van der Waals surface area contributed by atoms with E-state index in [1.54, 1.807) is 12.1 Å². The summed E-state index contributed by atoms with van der Waals surface area (Å²) in [5.41, 5.74) is 2.25. The number of anilines is 2. The van der Waals surface area contributed by atoms with E-state index in [1.807, 2.05) is 4.90 Å². The van der Waals surface area contributed by atoms with Gasteiger partial charge in [0.05, 0.1) is 10.5 Å². The molecular formula is C21H21N5O3S2. The fraction of sp³-hybridized carbons (Fsp3) is 0.381. The molecule has 0 saturated carbocycles. The molecule has 1 aliphatic carbocycles. The number of thiophene rings is 1. The number of fused-ring (bicyclic) bond motifs is 1. The van der Waals surface area contributed by atoms with Gasteiger partial charge >= 0.3 is 0 Å². The Morgan fingerprint density at radius 3 is 2.68 bits per heavy atom. The zero-order valence-corrected chi connectivity index (χ0v) is 18.4. The Labute approximate surface area is 189 Å². The number of benzene rings is 1. The number of hydrogen-bond acceptors (Lipinski definition) is 7. The minimum atomic E-state index is -0.534. The summed E-state index contributed by atoms with van der Waals surface area (Å²) in [6.45, 7) is 1.54. The number of rotatable bonds is 4. The Morgan fingerprint density at radius 1 is 1.23 bits per heavy atom. The number of carbonyl (C=O) groups is 1. The number of nitro groups is 1. The van der Waals surface area contributed by atoms with Crippen LogP contribution in [0.2, 0.25) is 0 Å². The zero-order chi connectivity index (χ0) is 22.0. The van der Waals surface area contributed by atoms with Crippen LogP contribution in [0.3, 0.4) is 0 Å². The highest BCUT2D eigenvalue weighted by atomic mass is 32.1. The van der Waals surface area contributed by atoms with E-state index in [9.17, 15) is 20.2 Å². The van der Waals surface area contributed by atoms with E-state index >= 15 is 0 Å². The number of carbonyl (C=O) groups excluding carboxylic acids is 1. The molecule has 4 rings (SSSR count). The fourth-order valence-electron chi connectivity index (χ4n) is 4.12. The van der Waals surface area contributed by atoms with E-state index < -0.39 is 10.8 Å². The van der Waals surface area contributed by atoms with Crippen LogP contribution in [0.1, 0.15) is 52.0 Å². The highest BCUT2D eigenvalue weighted by Gasteiger charge is 2.25. The first kappa shape index (κ1) is 21.2. The summed E-state index contributed by atoms with van der Waals surface area (Å²) in [6, 6.07) is 6.72. The number of nitro benzene ring substituents is 1. The fourth-order valence-corrected chi connectivity index (χ4v) is 5.62. The average Bonchev–Trinajstić information content (AvgIpc) is 3.40. The molecule has 1 aromatic heterocycles. The van der Waals surface area contributed by atoms with Crippen molar-refractivity contribution in [3.05, 3.63) is 49.9 Å². The molecule has 1 aliphatic heterocycles. The smallest absolute Gasteiger partial charge is 0.293 e. The molecule has 0 unspecified atom stereocenters. The molecule has 2 heterocycles. The van der Waals surface area contributed by atoms with Gasteiger partial charge in [0.25, 0.3) is 11.6 Å². The highest BCUT2D eigenvalue weighted by molar-refractivity contribution is 7.80. The maximum Gasteiger partial charge on any atom is 0.293 e. The van der Waals surface area contributed by atoms with Gasteiger partial charge in [-0.1, -0.05) is 0 Å². The number of aryl methyl sites for hydroxylation is 1. The second-order valence-corrected chi connectivity index (χ2v) is 9.10. The summed E-state index contributed by atoms with van der Waals surface area (Å²) >= 11 is 6.76. The first-order valence-electron chi connectivity index (χ1n) is 10.2. The molecule has 0 radical (unpaired) electrons. The quantitative estimate of drug-likeness (QED) is 0.405. The standard InChI is InChI=1S/C21H21N5O3S2/c22-12-15-14-5-1-2-6-18(14)31-20(15)24-21(30)23-19(27)13-7-8-16(17(11-13)26(28)29)25-9-3-4-10-25/h7-8,11H,1-6,9-10H2,(H2,23,24,27,30). The van der Waals surface area contributed by atoms with Gasteiger partial charge in [-0.25, -0.2) is 0 Å². The van der Waals surface area contributed by atoms with Crippen LogP contribution < -0.4 is 15.5 Å². The van der Waals surface area contributed by atoms with Gasteiger partial charge in [0.2, 0.25) is 0 Å². The van der Waals surface area contributed by atoms with Crippen LogP contribution in [-0.2, 0) is 12.8 Å². The van der Waals surface area contributed by atoms with Crippen molar-refractivity contribution in [3.8, 4) is 6.07 Å². The van der Waals surface area contributed by atoms with Crippen LogP contribution in [0, 0.1) is 21.4 Å². The summed E-state index contributed by atoms with van der Waals surface area (Å²) in [5.74, 6) is -0.534.